The number of benzene rings is 1. The van der Waals surface area contributed by atoms with Crippen LogP contribution in [0.25, 0.3) is 5.69 Å². The maximum absolute atomic E-state index is 4.21. The molecule has 1 N–H and O–H groups in total. The van der Waals surface area contributed by atoms with Crippen molar-refractivity contribution in [1.82, 2.24) is 9.55 Å². The van der Waals surface area contributed by atoms with Crippen LogP contribution in [0.1, 0.15) is 11.3 Å². The molecule has 1 aliphatic heterocycles. The van der Waals surface area contributed by atoms with Crippen molar-refractivity contribution in [1.29, 1.82) is 0 Å². The first-order valence-electron chi connectivity index (χ1n) is 5.21. The van der Waals surface area contributed by atoms with Gasteiger partial charge in [0.2, 0.25) is 0 Å². The molecule has 3 nitrogen and oxygen atoms in total. The van der Waals surface area contributed by atoms with Gasteiger partial charge in [0.1, 0.15) is 0 Å². The third-order valence-electron chi connectivity index (χ3n) is 2.91. The average molecular weight is 199 g/mol. The minimum atomic E-state index is 0.976. The lowest BCUT2D eigenvalue weighted by Crippen LogP contribution is -2.03. The molecule has 2 aromatic rings. The molecule has 0 bridgehead atoms. The monoisotopic (exact) mass is 199 g/mol. The van der Waals surface area contributed by atoms with E-state index in [2.05, 4.69) is 40.0 Å². The minimum Gasteiger partial charge on any atom is -0.383 e. The van der Waals surface area contributed by atoms with Gasteiger partial charge in [0, 0.05) is 24.9 Å². The molecule has 0 saturated carbocycles. The molecule has 1 aromatic heterocycles. The Kier molecular flexibility index (Phi) is 1.78. The highest BCUT2D eigenvalue weighted by Gasteiger charge is 2.13. The fraction of sp³-hybridized carbons (Fsp3) is 0.250. The topological polar surface area (TPSA) is 29.9 Å². The summed E-state index contributed by atoms with van der Waals surface area (Å²) in [6, 6.07) is 6.35. The van der Waals surface area contributed by atoms with E-state index < -0.39 is 0 Å². The number of nitrogens with one attached hydrogen (secondary N) is 1. The quantitative estimate of drug-likeness (QED) is 0.704. The number of fused-ring (bicyclic) bond motifs is 3. The fourth-order valence-electron chi connectivity index (χ4n) is 2.12. The predicted molar refractivity (Wildman–Crippen MR) is 60.5 cm³/mol. The van der Waals surface area contributed by atoms with Crippen LogP contribution in [0, 0.1) is 6.92 Å². The smallest absolute Gasteiger partial charge is 0.0994 e. The Bertz CT molecular complexity index is 499. The van der Waals surface area contributed by atoms with Crippen molar-refractivity contribution in [2.45, 2.75) is 13.3 Å². The summed E-state index contributed by atoms with van der Waals surface area (Å²) < 4.78 is 2.17. The van der Waals surface area contributed by atoms with Crippen LogP contribution in [0.3, 0.4) is 0 Å². The van der Waals surface area contributed by atoms with E-state index in [0.717, 1.165) is 13.0 Å². The molecule has 0 unspecified atom stereocenters. The van der Waals surface area contributed by atoms with E-state index in [-0.39, 0.29) is 0 Å². The van der Waals surface area contributed by atoms with E-state index in [0.29, 0.717) is 0 Å². The van der Waals surface area contributed by atoms with Crippen LogP contribution in [-0.2, 0) is 6.42 Å². The SMILES string of the molecule is Cc1cccc2c1NCCc1cncn1-2. The van der Waals surface area contributed by atoms with Crippen LogP contribution < -0.4 is 5.32 Å². The van der Waals surface area contributed by atoms with E-state index in [1.54, 1.807) is 0 Å². The zero-order chi connectivity index (χ0) is 10.3. The van der Waals surface area contributed by atoms with Crippen molar-refractivity contribution >= 4 is 5.69 Å². The molecule has 0 aliphatic carbocycles. The molecule has 0 atom stereocenters. The lowest BCUT2D eigenvalue weighted by atomic mass is 10.1. The van der Waals surface area contributed by atoms with Gasteiger partial charge in [-0.1, -0.05) is 12.1 Å². The predicted octanol–water partition coefficient (Wildman–Crippen LogP) is 2.15. The molecule has 3 rings (SSSR count). The Hall–Kier alpha value is -1.77. The van der Waals surface area contributed by atoms with Crippen molar-refractivity contribution in [3.8, 4) is 5.69 Å². The van der Waals surface area contributed by atoms with Crippen molar-refractivity contribution in [3.63, 3.8) is 0 Å². The summed E-state index contributed by atoms with van der Waals surface area (Å²) in [4.78, 5) is 4.21. The maximum Gasteiger partial charge on any atom is 0.0994 e. The van der Waals surface area contributed by atoms with Crippen molar-refractivity contribution in [3.05, 3.63) is 42.0 Å². The van der Waals surface area contributed by atoms with Crippen molar-refractivity contribution in [2.75, 3.05) is 11.9 Å². The molecule has 0 fully saturated rings. The number of aryl methyl sites for hydroxylation is 1. The second-order valence-corrected chi connectivity index (χ2v) is 3.90. The fourth-order valence-corrected chi connectivity index (χ4v) is 2.12. The van der Waals surface area contributed by atoms with Gasteiger partial charge >= 0.3 is 0 Å². The summed E-state index contributed by atoms with van der Waals surface area (Å²) in [5, 5.41) is 3.48. The first-order valence-corrected chi connectivity index (χ1v) is 5.21. The molecule has 2 heterocycles. The molecule has 0 saturated heterocycles. The van der Waals surface area contributed by atoms with Gasteiger partial charge in [-0.3, -0.25) is 0 Å². The summed E-state index contributed by atoms with van der Waals surface area (Å²) in [6.45, 7) is 3.11. The van der Waals surface area contributed by atoms with Gasteiger partial charge in [0.05, 0.1) is 17.7 Å². The van der Waals surface area contributed by atoms with Crippen LogP contribution in [-0.4, -0.2) is 16.1 Å². The lowest BCUT2D eigenvalue weighted by Gasteiger charge is -2.11. The normalized spacial score (nSPS) is 13.7. The summed E-state index contributed by atoms with van der Waals surface area (Å²) in [7, 11) is 0. The molecule has 1 aliphatic rings. The Labute approximate surface area is 88.8 Å². The summed E-state index contributed by atoms with van der Waals surface area (Å²) in [6.07, 6.45) is 4.86. The largest absolute Gasteiger partial charge is 0.383 e. The molecule has 15 heavy (non-hydrogen) atoms. The highest BCUT2D eigenvalue weighted by molar-refractivity contribution is 5.66. The number of anilines is 1. The summed E-state index contributed by atoms with van der Waals surface area (Å²) in [5.74, 6) is 0. The lowest BCUT2D eigenvalue weighted by molar-refractivity contribution is 0.928. The molecule has 0 radical (unpaired) electrons. The van der Waals surface area contributed by atoms with Crippen LogP contribution in [0.5, 0.6) is 0 Å². The van der Waals surface area contributed by atoms with E-state index in [1.165, 1.54) is 22.6 Å². The Morgan fingerprint density at radius 3 is 3.27 bits per heavy atom. The summed E-state index contributed by atoms with van der Waals surface area (Å²) in [5.41, 5.74) is 5.00. The molecule has 1 aromatic carbocycles. The number of para-hydroxylation sites is 1. The van der Waals surface area contributed by atoms with Crippen molar-refractivity contribution < 1.29 is 0 Å². The third-order valence-corrected chi connectivity index (χ3v) is 2.91. The summed E-state index contributed by atoms with van der Waals surface area (Å²) >= 11 is 0. The second-order valence-electron chi connectivity index (χ2n) is 3.90. The van der Waals surface area contributed by atoms with E-state index in [1.807, 2.05) is 12.5 Å². The van der Waals surface area contributed by atoms with E-state index in [9.17, 15) is 0 Å². The maximum atomic E-state index is 4.21. The number of hydrogen-bond acceptors (Lipinski definition) is 2. The number of rotatable bonds is 0. The van der Waals surface area contributed by atoms with Gasteiger partial charge in [-0.25, -0.2) is 4.98 Å². The highest BCUT2D eigenvalue weighted by Crippen LogP contribution is 2.27. The zero-order valence-corrected chi connectivity index (χ0v) is 8.70. The van der Waals surface area contributed by atoms with Crippen LogP contribution in [0.4, 0.5) is 5.69 Å². The number of imidazole rings is 1. The minimum absolute atomic E-state index is 0.976. The second kappa shape index (κ2) is 3.12. The van der Waals surface area contributed by atoms with Gasteiger partial charge in [0.25, 0.3) is 0 Å². The van der Waals surface area contributed by atoms with Crippen molar-refractivity contribution in [2.24, 2.45) is 0 Å². The zero-order valence-electron chi connectivity index (χ0n) is 8.70. The Morgan fingerprint density at radius 2 is 2.33 bits per heavy atom. The van der Waals surface area contributed by atoms with Gasteiger partial charge in [0.15, 0.2) is 0 Å². The number of nitrogens with zero attached hydrogens (tertiary/aromatic N) is 2. The van der Waals surface area contributed by atoms with Gasteiger partial charge in [-0.15, -0.1) is 0 Å². The molecular weight excluding hydrogens is 186 g/mol. The van der Waals surface area contributed by atoms with E-state index >= 15 is 0 Å². The molecule has 76 valence electrons. The number of hydrogen-bond donors (Lipinski definition) is 1. The average Bonchev–Trinajstić information content (AvgIpc) is 2.62. The van der Waals surface area contributed by atoms with Crippen LogP contribution in [0.15, 0.2) is 30.7 Å². The van der Waals surface area contributed by atoms with Gasteiger partial charge in [-0.2, -0.15) is 0 Å². The van der Waals surface area contributed by atoms with Crippen LogP contribution in [0.2, 0.25) is 0 Å². The first kappa shape index (κ1) is 8.53. The van der Waals surface area contributed by atoms with E-state index in [4.69, 9.17) is 0 Å². The molecule has 0 amide bonds. The molecular formula is C12H13N3. The van der Waals surface area contributed by atoms with Gasteiger partial charge < -0.3 is 9.88 Å². The third kappa shape index (κ3) is 1.23. The Morgan fingerprint density at radius 1 is 1.40 bits per heavy atom. The Balaban J connectivity index is 2.29. The molecule has 0 spiro atoms. The highest BCUT2D eigenvalue weighted by atomic mass is 15.1. The molecule has 3 heteroatoms. The van der Waals surface area contributed by atoms with Gasteiger partial charge in [-0.05, 0) is 18.6 Å². The standard InChI is InChI=1S/C12H13N3/c1-9-3-2-4-11-12(9)14-6-5-10-7-13-8-15(10)11/h2-4,7-8,14H,5-6H2,1H3. The first-order chi connectivity index (χ1) is 7.36. The number of aromatic nitrogens is 2. The van der Waals surface area contributed by atoms with Crippen LogP contribution >= 0.6 is 0 Å².